The van der Waals surface area contributed by atoms with Crippen LogP contribution in [0.15, 0.2) is 18.2 Å². The fraction of sp³-hybridized carbons (Fsp3) is 0.417. The van der Waals surface area contributed by atoms with Crippen LogP contribution in [0, 0.1) is 22.4 Å². The highest BCUT2D eigenvalue weighted by Crippen LogP contribution is 2.25. The zero-order valence-corrected chi connectivity index (χ0v) is 10.3. The molecule has 2 rings (SSSR count). The topological polar surface area (TPSA) is 82.3 Å². The second-order valence-corrected chi connectivity index (χ2v) is 4.37. The first-order chi connectivity index (χ1) is 8.59. The molecule has 0 aromatic heterocycles. The Balaban J connectivity index is 2.16. The smallest absolute Gasteiger partial charge is 0.274 e. The fourth-order valence-corrected chi connectivity index (χ4v) is 2.10. The SMILES string of the molecule is Cc1c(NC(=N)N2CCCC2)cccc1[N+](=O)[O-]. The van der Waals surface area contributed by atoms with E-state index in [9.17, 15) is 10.1 Å². The first kappa shape index (κ1) is 12.3. The second-order valence-electron chi connectivity index (χ2n) is 4.37. The molecule has 96 valence electrons. The molecule has 1 saturated heterocycles. The van der Waals surface area contributed by atoms with Crippen LogP contribution in [-0.4, -0.2) is 28.9 Å². The van der Waals surface area contributed by atoms with Crippen molar-refractivity contribution in [3.63, 3.8) is 0 Å². The highest BCUT2D eigenvalue weighted by molar-refractivity contribution is 5.92. The average molecular weight is 248 g/mol. The molecule has 1 aromatic rings. The number of hydrogen-bond donors (Lipinski definition) is 2. The maximum absolute atomic E-state index is 10.8. The van der Waals surface area contributed by atoms with Crippen molar-refractivity contribution in [3.05, 3.63) is 33.9 Å². The van der Waals surface area contributed by atoms with Crippen molar-refractivity contribution >= 4 is 17.3 Å². The minimum Gasteiger partial charge on any atom is -0.343 e. The van der Waals surface area contributed by atoms with Crippen molar-refractivity contribution in [1.29, 1.82) is 5.41 Å². The van der Waals surface area contributed by atoms with E-state index in [0.29, 0.717) is 17.2 Å². The van der Waals surface area contributed by atoms with Gasteiger partial charge in [-0.1, -0.05) is 6.07 Å². The molecule has 0 unspecified atom stereocenters. The largest absolute Gasteiger partial charge is 0.343 e. The molecule has 1 aliphatic rings. The van der Waals surface area contributed by atoms with Gasteiger partial charge in [0.15, 0.2) is 5.96 Å². The molecule has 2 N–H and O–H groups in total. The third-order valence-electron chi connectivity index (χ3n) is 3.18. The van der Waals surface area contributed by atoms with E-state index in [1.54, 1.807) is 19.1 Å². The van der Waals surface area contributed by atoms with Gasteiger partial charge in [-0.15, -0.1) is 0 Å². The lowest BCUT2D eigenvalue weighted by Crippen LogP contribution is -2.33. The molecule has 1 aliphatic heterocycles. The number of nitro benzene ring substituents is 1. The van der Waals surface area contributed by atoms with Gasteiger partial charge in [-0.05, 0) is 25.8 Å². The lowest BCUT2D eigenvalue weighted by molar-refractivity contribution is -0.385. The Bertz CT molecular complexity index is 481. The summed E-state index contributed by atoms with van der Waals surface area (Å²) in [6, 6.07) is 4.86. The summed E-state index contributed by atoms with van der Waals surface area (Å²) >= 11 is 0. The highest BCUT2D eigenvalue weighted by atomic mass is 16.6. The normalized spacial score (nSPS) is 14.6. The lowest BCUT2D eigenvalue weighted by atomic mass is 10.1. The quantitative estimate of drug-likeness (QED) is 0.364. The first-order valence-electron chi connectivity index (χ1n) is 5.94. The van der Waals surface area contributed by atoms with Gasteiger partial charge in [0.05, 0.1) is 16.2 Å². The van der Waals surface area contributed by atoms with Crippen LogP contribution in [0.1, 0.15) is 18.4 Å². The summed E-state index contributed by atoms with van der Waals surface area (Å²) in [6.07, 6.45) is 2.19. The Morgan fingerprint density at radius 1 is 1.44 bits per heavy atom. The molecule has 0 atom stereocenters. The molecular weight excluding hydrogens is 232 g/mol. The number of likely N-dealkylation sites (tertiary alicyclic amines) is 1. The summed E-state index contributed by atoms with van der Waals surface area (Å²) in [4.78, 5) is 12.4. The predicted octanol–water partition coefficient (Wildman–Crippen LogP) is 2.35. The summed E-state index contributed by atoms with van der Waals surface area (Å²) in [5, 5.41) is 21.7. The Morgan fingerprint density at radius 2 is 2.11 bits per heavy atom. The van der Waals surface area contributed by atoms with Crippen LogP contribution in [0.2, 0.25) is 0 Å². The van der Waals surface area contributed by atoms with Gasteiger partial charge in [-0.3, -0.25) is 15.5 Å². The fourth-order valence-electron chi connectivity index (χ4n) is 2.10. The van der Waals surface area contributed by atoms with Crippen molar-refractivity contribution in [3.8, 4) is 0 Å². The van der Waals surface area contributed by atoms with Gasteiger partial charge in [0.2, 0.25) is 0 Å². The molecule has 6 nitrogen and oxygen atoms in total. The van der Waals surface area contributed by atoms with Gasteiger partial charge in [0.1, 0.15) is 0 Å². The number of rotatable bonds is 2. The Kier molecular flexibility index (Phi) is 3.45. The molecule has 1 aromatic carbocycles. The van der Waals surface area contributed by atoms with Gasteiger partial charge in [0.25, 0.3) is 5.69 Å². The van der Waals surface area contributed by atoms with Crippen molar-refractivity contribution < 1.29 is 4.92 Å². The van der Waals surface area contributed by atoms with E-state index in [2.05, 4.69) is 5.32 Å². The van der Waals surface area contributed by atoms with E-state index in [4.69, 9.17) is 5.41 Å². The van der Waals surface area contributed by atoms with E-state index in [1.807, 2.05) is 4.90 Å². The van der Waals surface area contributed by atoms with Crippen molar-refractivity contribution in [2.45, 2.75) is 19.8 Å². The van der Waals surface area contributed by atoms with Crippen LogP contribution in [-0.2, 0) is 0 Å². The molecule has 6 heteroatoms. The molecule has 0 bridgehead atoms. The highest BCUT2D eigenvalue weighted by Gasteiger charge is 2.18. The number of nitrogens with zero attached hydrogens (tertiary/aromatic N) is 2. The van der Waals surface area contributed by atoms with Gasteiger partial charge < -0.3 is 10.2 Å². The van der Waals surface area contributed by atoms with Crippen molar-refractivity contribution in [1.82, 2.24) is 4.90 Å². The monoisotopic (exact) mass is 248 g/mol. The molecular formula is C12H16N4O2. The summed E-state index contributed by atoms with van der Waals surface area (Å²) in [5.74, 6) is 0.316. The minimum absolute atomic E-state index is 0.0780. The molecule has 0 saturated carbocycles. The maximum Gasteiger partial charge on any atom is 0.274 e. The molecule has 0 radical (unpaired) electrons. The number of nitrogens with one attached hydrogen (secondary N) is 2. The predicted molar refractivity (Wildman–Crippen MR) is 70.0 cm³/mol. The van der Waals surface area contributed by atoms with Crippen LogP contribution in [0.4, 0.5) is 11.4 Å². The summed E-state index contributed by atoms with van der Waals surface area (Å²) in [5.41, 5.74) is 1.27. The molecule has 0 aliphatic carbocycles. The Morgan fingerprint density at radius 3 is 2.72 bits per heavy atom. The number of guanidine groups is 1. The van der Waals surface area contributed by atoms with E-state index in [-0.39, 0.29) is 5.69 Å². The Labute approximate surface area is 105 Å². The number of anilines is 1. The van der Waals surface area contributed by atoms with E-state index in [1.165, 1.54) is 6.07 Å². The number of nitro groups is 1. The van der Waals surface area contributed by atoms with Crippen molar-refractivity contribution in [2.24, 2.45) is 0 Å². The number of benzene rings is 1. The zero-order chi connectivity index (χ0) is 13.1. The van der Waals surface area contributed by atoms with Crippen molar-refractivity contribution in [2.75, 3.05) is 18.4 Å². The van der Waals surface area contributed by atoms with Gasteiger partial charge >= 0.3 is 0 Å². The third-order valence-corrected chi connectivity index (χ3v) is 3.18. The van der Waals surface area contributed by atoms with Crippen LogP contribution >= 0.6 is 0 Å². The van der Waals surface area contributed by atoms with E-state index < -0.39 is 4.92 Å². The van der Waals surface area contributed by atoms with Crippen LogP contribution in [0.3, 0.4) is 0 Å². The van der Waals surface area contributed by atoms with E-state index in [0.717, 1.165) is 25.9 Å². The van der Waals surface area contributed by atoms with E-state index >= 15 is 0 Å². The van der Waals surface area contributed by atoms with Crippen LogP contribution < -0.4 is 5.32 Å². The van der Waals surface area contributed by atoms with Gasteiger partial charge in [0, 0.05) is 19.2 Å². The zero-order valence-electron chi connectivity index (χ0n) is 10.3. The Hall–Kier alpha value is -2.11. The minimum atomic E-state index is -0.403. The first-order valence-corrected chi connectivity index (χ1v) is 5.94. The molecule has 1 heterocycles. The second kappa shape index (κ2) is 5.03. The molecule has 1 fully saturated rings. The molecule has 0 amide bonds. The van der Waals surface area contributed by atoms with Crippen LogP contribution in [0.25, 0.3) is 0 Å². The third kappa shape index (κ3) is 2.42. The summed E-state index contributed by atoms with van der Waals surface area (Å²) in [6.45, 7) is 3.44. The average Bonchev–Trinajstić information content (AvgIpc) is 2.85. The molecule has 18 heavy (non-hydrogen) atoms. The summed E-state index contributed by atoms with van der Waals surface area (Å²) < 4.78 is 0. The maximum atomic E-state index is 10.8. The number of hydrogen-bond acceptors (Lipinski definition) is 3. The van der Waals surface area contributed by atoms with Crippen LogP contribution in [0.5, 0.6) is 0 Å². The lowest BCUT2D eigenvalue weighted by Gasteiger charge is -2.20. The standard InChI is InChI=1S/C12H16N4O2/c1-9-10(5-4-6-11(9)16(17)18)14-12(13)15-7-2-3-8-15/h4-6H,2-3,7-8H2,1H3,(H2,13,14). The summed E-state index contributed by atoms with van der Waals surface area (Å²) in [7, 11) is 0. The van der Waals surface area contributed by atoms with Gasteiger partial charge in [-0.25, -0.2) is 0 Å². The molecule has 0 spiro atoms. The van der Waals surface area contributed by atoms with Gasteiger partial charge in [-0.2, -0.15) is 0 Å².